The summed E-state index contributed by atoms with van der Waals surface area (Å²) in [6.07, 6.45) is 5.24. The van der Waals surface area contributed by atoms with Crippen molar-refractivity contribution < 1.29 is 9.59 Å². The van der Waals surface area contributed by atoms with E-state index in [1.54, 1.807) is 4.90 Å². The SMILES string of the molecule is CC(C)C[C@@H](C(=O)NCC1CCN(CC#N)CC1)N1CCCCC1=O. The second kappa shape index (κ2) is 9.76. The monoisotopic (exact) mass is 348 g/mol. The summed E-state index contributed by atoms with van der Waals surface area (Å²) in [4.78, 5) is 29.0. The Kier molecular flexibility index (Phi) is 7.70. The zero-order valence-electron chi connectivity index (χ0n) is 15.7. The van der Waals surface area contributed by atoms with Gasteiger partial charge >= 0.3 is 0 Å². The molecule has 1 N–H and O–H groups in total. The van der Waals surface area contributed by atoms with Crippen LogP contribution in [0.15, 0.2) is 0 Å². The first-order chi connectivity index (χ1) is 12.0. The van der Waals surface area contributed by atoms with Crippen molar-refractivity contribution in [3.05, 3.63) is 0 Å². The molecular formula is C19H32N4O2. The molecule has 2 saturated heterocycles. The average Bonchev–Trinajstić information content (AvgIpc) is 2.59. The van der Waals surface area contributed by atoms with Crippen molar-refractivity contribution in [3.8, 4) is 6.07 Å². The van der Waals surface area contributed by atoms with Gasteiger partial charge in [0, 0.05) is 19.5 Å². The zero-order chi connectivity index (χ0) is 18.2. The molecule has 2 amide bonds. The number of hydrogen-bond acceptors (Lipinski definition) is 4. The van der Waals surface area contributed by atoms with E-state index in [1.165, 1.54) is 0 Å². The molecule has 1 atom stereocenters. The molecule has 0 aliphatic carbocycles. The van der Waals surface area contributed by atoms with Gasteiger partial charge in [-0.05, 0) is 57.0 Å². The van der Waals surface area contributed by atoms with E-state index in [9.17, 15) is 9.59 Å². The third-order valence-electron chi connectivity index (χ3n) is 5.30. The van der Waals surface area contributed by atoms with Gasteiger partial charge in [0.1, 0.15) is 6.04 Å². The van der Waals surface area contributed by atoms with Crippen LogP contribution in [0.1, 0.15) is 52.4 Å². The summed E-state index contributed by atoms with van der Waals surface area (Å²) in [5, 5.41) is 11.9. The molecule has 0 radical (unpaired) electrons. The topological polar surface area (TPSA) is 76.4 Å². The van der Waals surface area contributed by atoms with Gasteiger partial charge in [0.15, 0.2) is 0 Å². The Hall–Kier alpha value is -1.61. The molecule has 2 rings (SSSR count). The van der Waals surface area contributed by atoms with Crippen LogP contribution in [0.3, 0.4) is 0 Å². The van der Waals surface area contributed by atoms with Crippen LogP contribution in [0.5, 0.6) is 0 Å². The Morgan fingerprint density at radius 1 is 1.28 bits per heavy atom. The first kappa shape index (κ1) is 19.7. The maximum absolute atomic E-state index is 12.8. The van der Waals surface area contributed by atoms with Gasteiger partial charge in [-0.15, -0.1) is 0 Å². The van der Waals surface area contributed by atoms with Crippen LogP contribution < -0.4 is 5.32 Å². The first-order valence-corrected chi connectivity index (χ1v) is 9.67. The molecule has 0 aromatic rings. The quantitative estimate of drug-likeness (QED) is 0.711. The Morgan fingerprint density at radius 2 is 2.00 bits per heavy atom. The molecule has 140 valence electrons. The van der Waals surface area contributed by atoms with E-state index >= 15 is 0 Å². The molecule has 6 heteroatoms. The normalized spacial score (nSPS) is 21.2. The highest BCUT2D eigenvalue weighted by Gasteiger charge is 2.32. The van der Waals surface area contributed by atoms with Gasteiger partial charge in [-0.2, -0.15) is 5.26 Å². The Bertz CT molecular complexity index is 492. The smallest absolute Gasteiger partial charge is 0.242 e. The first-order valence-electron chi connectivity index (χ1n) is 9.67. The van der Waals surface area contributed by atoms with Crippen molar-refractivity contribution in [2.45, 2.75) is 58.4 Å². The molecule has 25 heavy (non-hydrogen) atoms. The number of nitriles is 1. The number of piperidine rings is 2. The van der Waals surface area contributed by atoms with Gasteiger partial charge in [0.25, 0.3) is 0 Å². The number of amides is 2. The van der Waals surface area contributed by atoms with Crippen LogP contribution in [0.4, 0.5) is 0 Å². The molecule has 0 unspecified atom stereocenters. The number of nitrogens with one attached hydrogen (secondary N) is 1. The summed E-state index contributed by atoms with van der Waals surface area (Å²) >= 11 is 0. The summed E-state index contributed by atoms with van der Waals surface area (Å²) < 4.78 is 0. The van der Waals surface area contributed by atoms with Crippen molar-refractivity contribution >= 4 is 11.8 Å². The van der Waals surface area contributed by atoms with Gasteiger partial charge in [-0.25, -0.2) is 0 Å². The minimum atomic E-state index is -0.327. The largest absolute Gasteiger partial charge is 0.354 e. The number of hydrogen-bond donors (Lipinski definition) is 1. The predicted molar refractivity (Wildman–Crippen MR) is 96.6 cm³/mol. The number of rotatable bonds is 7. The fourth-order valence-corrected chi connectivity index (χ4v) is 3.79. The van der Waals surface area contributed by atoms with Gasteiger partial charge < -0.3 is 10.2 Å². The van der Waals surface area contributed by atoms with Crippen LogP contribution in [-0.2, 0) is 9.59 Å². The molecule has 0 saturated carbocycles. The third kappa shape index (κ3) is 6.00. The van der Waals surface area contributed by atoms with E-state index in [0.717, 1.165) is 45.2 Å². The summed E-state index contributed by atoms with van der Waals surface area (Å²) in [5.41, 5.74) is 0. The number of carbonyl (C=O) groups excluding carboxylic acids is 2. The standard InChI is InChI=1S/C19H32N4O2/c1-15(2)13-17(23-9-4-3-5-18(23)24)19(25)21-14-16-6-10-22(11-7-16)12-8-20/h15-17H,3-7,9-14H2,1-2H3,(H,21,25)/t17-/m0/s1. The number of nitrogens with zero attached hydrogens (tertiary/aromatic N) is 3. The van der Waals surface area contributed by atoms with E-state index in [-0.39, 0.29) is 17.9 Å². The second-order valence-electron chi connectivity index (χ2n) is 7.81. The molecule has 0 aromatic heterocycles. The Labute approximate surface area is 151 Å². The van der Waals surface area contributed by atoms with Crippen molar-refractivity contribution in [1.29, 1.82) is 5.26 Å². The highest BCUT2D eigenvalue weighted by Crippen LogP contribution is 2.20. The van der Waals surface area contributed by atoms with Crippen molar-refractivity contribution in [3.63, 3.8) is 0 Å². The summed E-state index contributed by atoms with van der Waals surface area (Å²) in [7, 11) is 0. The minimum absolute atomic E-state index is 0.00315. The lowest BCUT2D eigenvalue weighted by Gasteiger charge is -2.35. The fraction of sp³-hybridized carbons (Fsp3) is 0.842. The van der Waals surface area contributed by atoms with E-state index < -0.39 is 0 Å². The summed E-state index contributed by atoms with van der Waals surface area (Å²) in [5.74, 6) is 0.968. The van der Waals surface area contributed by atoms with Crippen molar-refractivity contribution in [1.82, 2.24) is 15.1 Å². The Balaban J connectivity index is 1.85. The maximum Gasteiger partial charge on any atom is 0.242 e. The lowest BCUT2D eigenvalue weighted by molar-refractivity contribution is -0.143. The lowest BCUT2D eigenvalue weighted by atomic mass is 9.95. The molecule has 0 aromatic carbocycles. The van der Waals surface area contributed by atoms with Crippen LogP contribution in [0, 0.1) is 23.2 Å². The van der Waals surface area contributed by atoms with Crippen molar-refractivity contribution in [2.75, 3.05) is 32.7 Å². The number of carbonyl (C=O) groups is 2. The minimum Gasteiger partial charge on any atom is -0.354 e. The van der Waals surface area contributed by atoms with Crippen molar-refractivity contribution in [2.24, 2.45) is 11.8 Å². The van der Waals surface area contributed by atoms with E-state index in [2.05, 4.69) is 30.1 Å². The zero-order valence-corrected chi connectivity index (χ0v) is 15.7. The molecule has 2 aliphatic heterocycles. The van der Waals surface area contributed by atoms with Crippen LogP contribution in [-0.4, -0.2) is 60.4 Å². The van der Waals surface area contributed by atoms with Crippen LogP contribution in [0.2, 0.25) is 0 Å². The molecule has 0 spiro atoms. The van der Waals surface area contributed by atoms with Crippen LogP contribution >= 0.6 is 0 Å². The summed E-state index contributed by atoms with van der Waals surface area (Å²) in [6.45, 7) is 7.92. The summed E-state index contributed by atoms with van der Waals surface area (Å²) in [6, 6.07) is 1.87. The molecule has 0 bridgehead atoms. The highest BCUT2D eigenvalue weighted by molar-refractivity contribution is 5.88. The maximum atomic E-state index is 12.8. The highest BCUT2D eigenvalue weighted by atomic mass is 16.2. The third-order valence-corrected chi connectivity index (χ3v) is 5.30. The van der Waals surface area contributed by atoms with Gasteiger partial charge in [0.2, 0.25) is 11.8 Å². The number of likely N-dealkylation sites (tertiary alicyclic amines) is 2. The predicted octanol–water partition coefficient (Wildman–Crippen LogP) is 1.77. The molecule has 6 nitrogen and oxygen atoms in total. The molecule has 2 heterocycles. The fourth-order valence-electron chi connectivity index (χ4n) is 3.79. The van der Waals surface area contributed by atoms with Gasteiger partial charge in [0.05, 0.1) is 12.6 Å². The second-order valence-corrected chi connectivity index (χ2v) is 7.81. The molecule has 2 fully saturated rings. The average molecular weight is 348 g/mol. The lowest BCUT2D eigenvalue weighted by Crippen LogP contribution is -2.52. The van der Waals surface area contributed by atoms with Crippen LogP contribution in [0.25, 0.3) is 0 Å². The Morgan fingerprint density at radius 3 is 2.60 bits per heavy atom. The van der Waals surface area contributed by atoms with Gasteiger partial charge in [-0.3, -0.25) is 14.5 Å². The van der Waals surface area contributed by atoms with E-state index in [1.807, 2.05) is 0 Å². The van der Waals surface area contributed by atoms with Gasteiger partial charge in [-0.1, -0.05) is 13.8 Å². The molecular weight excluding hydrogens is 316 g/mol. The molecule has 2 aliphatic rings. The van der Waals surface area contributed by atoms with E-state index in [4.69, 9.17) is 5.26 Å². The van der Waals surface area contributed by atoms with E-state index in [0.29, 0.717) is 37.9 Å².